The largest absolute Gasteiger partial charge is 0.347 e. The van der Waals surface area contributed by atoms with E-state index >= 15 is 0 Å². The van der Waals surface area contributed by atoms with E-state index in [-0.39, 0.29) is 5.78 Å². The second kappa shape index (κ2) is 4.52. The third-order valence-corrected chi connectivity index (χ3v) is 2.86. The average Bonchev–Trinajstić information content (AvgIpc) is 2.60. The standard InChI is InChI=1S/C14H17NO/c1-11-5-6-13-7-9-15(14(13)10-11)8-3-4-12(2)16/h5-7,9-10H,3-4,8H2,1-2H3. The summed E-state index contributed by atoms with van der Waals surface area (Å²) in [4.78, 5) is 10.9. The van der Waals surface area contributed by atoms with E-state index in [1.807, 2.05) is 0 Å². The Bertz CT molecular complexity index is 510. The lowest BCUT2D eigenvalue weighted by Gasteiger charge is -2.04. The Balaban J connectivity index is 2.17. The zero-order valence-electron chi connectivity index (χ0n) is 9.86. The number of fused-ring (bicyclic) bond motifs is 1. The van der Waals surface area contributed by atoms with E-state index in [4.69, 9.17) is 0 Å². The Morgan fingerprint density at radius 3 is 2.88 bits per heavy atom. The molecule has 0 aliphatic rings. The molecule has 1 aromatic carbocycles. The van der Waals surface area contributed by atoms with Crippen LogP contribution in [0.1, 0.15) is 25.3 Å². The lowest BCUT2D eigenvalue weighted by molar-refractivity contribution is -0.117. The van der Waals surface area contributed by atoms with Gasteiger partial charge in [-0.15, -0.1) is 0 Å². The normalized spacial score (nSPS) is 10.9. The molecule has 1 aromatic heterocycles. The number of benzene rings is 1. The highest BCUT2D eigenvalue weighted by Gasteiger charge is 2.01. The molecule has 2 heteroatoms. The van der Waals surface area contributed by atoms with E-state index < -0.39 is 0 Å². The molecule has 0 N–H and O–H groups in total. The zero-order valence-corrected chi connectivity index (χ0v) is 9.86. The van der Waals surface area contributed by atoms with E-state index in [1.165, 1.54) is 16.5 Å². The molecule has 0 aliphatic carbocycles. The maximum Gasteiger partial charge on any atom is 0.129 e. The third kappa shape index (κ3) is 2.32. The molecule has 2 aromatic rings. The Morgan fingerprint density at radius 1 is 1.31 bits per heavy atom. The molecule has 0 unspecified atom stereocenters. The van der Waals surface area contributed by atoms with Gasteiger partial charge in [0.2, 0.25) is 0 Å². The van der Waals surface area contributed by atoms with Gasteiger partial charge in [-0.3, -0.25) is 0 Å². The molecule has 2 rings (SSSR count). The SMILES string of the molecule is CC(=O)CCCn1ccc2ccc(C)cc21. The van der Waals surface area contributed by atoms with Crippen molar-refractivity contribution in [1.29, 1.82) is 0 Å². The number of rotatable bonds is 4. The highest BCUT2D eigenvalue weighted by atomic mass is 16.1. The van der Waals surface area contributed by atoms with Crippen molar-refractivity contribution in [3.8, 4) is 0 Å². The summed E-state index contributed by atoms with van der Waals surface area (Å²) in [6, 6.07) is 8.60. The molecule has 0 saturated carbocycles. The van der Waals surface area contributed by atoms with Gasteiger partial charge < -0.3 is 9.36 Å². The molecule has 2 nitrogen and oxygen atoms in total. The van der Waals surface area contributed by atoms with Gasteiger partial charge in [0.05, 0.1) is 0 Å². The van der Waals surface area contributed by atoms with Crippen molar-refractivity contribution < 1.29 is 4.79 Å². The maximum atomic E-state index is 10.9. The summed E-state index contributed by atoms with van der Waals surface area (Å²) in [5.74, 6) is 0.271. The van der Waals surface area contributed by atoms with E-state index in [1.54, 1.807) is 6.92 Å². The van der Waals surface area contributed by atoms with Crippen LogP contribution in [0.2, 0.25) is 0 Å². The van der Waals surface area contributed by atoms with E-state index in [0.29, 0.717) is 6.42 Å². The summed E-state index contributed by atoms with van der Waals surface area (Å²) >= 11 is 0. The minimum absolute atomic E-state index is 0.271. The first-order valence-electron chi connectivity index (χ1n) is 5.72. The number of carbonyl (C=O) groups is 1. The molecule has 0 saturated heterocycles. The van der Waals surface area contributed by atoms with Gasteiger partial charge in [-0.2, -0.15) is 0 Å². The minimum Gasteiger partial charge on any atom is -0.347 e. The zero-order chi connectivity index (χ0) is 11.5. The smallest absolute Gasteiger partial charge is 0.129 e. The highest BCUT2D eigenvalue weighted by Crippen LogP contribution is 2.17. The van der Waals surface area contributed by atoms with Crippen LogP contribution in [0.4, 0.5) is 0 Å². The monoisotopic (exact) mass is 215 g/mol. The van der Waals surface area contributed by atoms with Gasteiger partial charge in [0, 0.05) is 24.7 Å². The van der Waals surface area contributed by atoms with E-state index in [0.717, 1.165) is 13.0 Å². The third-order valence-electron chi connectivity index (χ3n) is 2.86. The molecule has 0 radical (unpaired) electrons. The van der Waals surface area contributed by atoms with Gasteiger partial charge in [-0.25, -0.2) is 0 Å². The predicted molar refractivity (Wildman–Crippen MR) is 66.6 cm³/mol. The molecule has 0 bridgehead atoms. The summed E-state index contributed by atoms with van der Waals surface area (Å²) in [6.45, 7) is 4.68. The quantitative estimate of drug-likeness (QED) is 0.766. The lowest BCUT2D eigenvalue weighted by atomic mass is 10.2. The predicted octanol–water partition coefficient (Wildman–Crippen LogP) is 3.32. The van der Waals surface area contributed by atoms with Crippen molar-refractivity contribution in [2.75, 3.05) is 0 Å². The van der Waals surface area contributed by atoms with Crippen LogP contribution in [0.15, 0.2) is 30.5 Å². The minimum atomic E-state index is 0.271. The van der Waals surface area contributed by atoms with Gasteiger partial charge in [-0.1, -0.05) is 12.1 Å². The van der Waals surface area contributed by atoms with Crippen LogP contribution in [0.3, 0.4) is 0 Å². The molecule has 1 heterocycles. The van der Waals surface area contributed by atoms with Gasteiger partial charge >= 0.3 is 0 Å². The van der Waals surface area contributed by atoms with Crippen molar-refractivity contribution in [2.24, 2.45) is 0 Å². The fraction of sp³-hybridized carbons (Fsp3) is 0.357. The average molecular weight is 215 g/mol. The Hall–Kier alpha value is -1.57. The van der Waals surface area contributed by atoms with Gasteiger partial charge in [-0.05, 0) is 43.4 Å². The maximum absolute atomic E-state index is 10.9. The molecule has 0 aliphatic heterocycles. The van der Waals surface area contributed by atoms with E-state index in [2.05, 4.69) is 42.0 Å². The van der Waals surface area contributed by atoms with Crippen molar-refractivity contribution in [2.45, 2.75) is 33.2 Å². The first kappa shape index (κ1) is 10.9. The number of carbonyl (C=O) groups excluding carboxylic acids is 1. The van der Waals surface area contributed by atoms with Gasteiger partial charge in [0.1, 0.15) is 5.78 Å². The second-order valence-corrected chi connectivity index (χ2v) is 4.38. The number of nitrogens with zero attached hydrogens (tertiary/aromatic N) is 1. The summed E-state index contributed by atoms with van der Waals surface area (Å²) in [5, 5.41) is 1.27. The fourth-order valence-corrected chi connectivity index (χ4v) is 1.99. The van der Waals surface area contributed by atoms with Crippen molar-refractivity contribution in [1.82, 2.24) is 4.57 Å². The molecule has 0 fully saturated rings. The lowest BCUT2D eigenvalue weighted by Crippen LogP contribution is -1.99. The van der Waals surface area contributed by atoms with Crippen LogP contribution in [-0.4, -0.2) is 10.4 Å². The molecule has 0 amide bonds. The summed E-state index contributed by atoms with van der Waals surface area (Å²) < 4.78 is 2.23. The second-order valence-electron chi connectivity index (χ2n) is 4.38. The van der Waals surface area contributed by atoms with Gasteiger partial charge in [0.25, 0.3) is 0 Å². The first-order chi connectivity index (χ1) is 7.66. The van der Waals surface area contributed by atoms with Crippen LogP contribution < -0.4 is 0 Å². The molecular formula is C14H17NO. The molecule has 0 spiro atoms. The number of hydrogen-bond donors (Lipinski definition) is 0. The van der Waals surface area contributed by atoms with Crippen molar-refractivity contribution >= 4 is 16.7 Å². The van der Waals surface area contributed by atoms with Crippen LogP contribution in [-0.2, 0) is 11.3 Å². The van der Waals surface area contributed by atoms with Crippen molar-refractivity contribution in [3.63, 3.8) is 0 Å². The molecular weight excluding hydrogens is 198 g/mol. The summed E-state index contributed by atoms with van der Waals surface area (Å²) in [6.07, 6.45) is 3.70. The van der Waals surface area contributed by atoms with Crippen LogP contribution in [0, 0.1) is 6.92 Å². The van der Waals surface area contributed by atoms with E-state index in [9.17, 15) is 4.79 Å². The molecule has 84 valence electrons. The number of Topliss-reactive ketones (excluding diaryl/α,β-unsaturated/α-hetero) is 1. The topological polar surface area (TPSA) is 22.0 Å². The molecule has 0 atom stereocenters. The number of ketones is 1. The fourth-order valence-electron chi connectivity index (χ4n) is 1.99. The van der Waals surface area contributed by atoms with Crippen LogP contribution >= 0.6 is 0 Å². The van der Waals surface area contributed by atoms with Gasteiger partial charge in [0.15, 0.2) is 0 Å². The Kier molecular flexibility index (Phi) is 3.09. The summed E-state index contributed by atoms with van der Waals surface area (Å²) in [5.41, 5.74) is 2.54. The Labute approximate surface area is 95.9 Å². The Morgan fingerprint density at radius 2 is 2.12 bits per heavy atom. The number of aromatic nitrogens is 1. The first-order valence-corrected chi connectivity index (χ1v) is 5.72. The molecule has 16 heavy (non-hydrogen) atoms. The van der Waals surface area contributed by atoms with Crippen molar-refractivity contribution in [3.05, 3.63) is 36.0 Å². The number of aryl methyl sites for hydroxylation is 2. The number of hydrogen-bond acceptors (Lipinski definition) is 1. The van der Waals surface area contributed by atoms with Crippen LogP contribution in [0.25, 0.3) is 10.9 Å². The summed E-state index contributed by atoms with van der Waals surface area (Å²) in [7, 11) is 0. The highest BCUT2D eigenvalue weighted by molar-refractivity contribution is 5.80. The van der Waals surface area contributed by atoms with Crippen LogP contribution in [0.5, 0.6) is 0 Å².